The second-order valence-corrected chi connectivity index (χ2v) is 7.10. The van der Waals surface area contributed by atoms with Gasteiger partial charge in [0.05, 0.1) is 6.42 Å². The van der Waals surface area contributed by atoms with Crippen LogP contribution < -0.4 is 0 Å². The Morgan fingerprint density at radius 2 is 1.88 bits per heavy atom. The van der Waals surface area contributed by atoms with Crippen LogP contribution in [0, 0.1) is 5.82 Å². The van der Waals surface area contributed by atoms with E-state index in [1.54, 1.807) is 17.8 Å². The smallest absolute Gasteiger partial charge is 0.250 e. The van der Waals surface area contributed by atoms with Gasteiger partial charge in [-0.25, -0.2) is 9.45 Å². The van der Waals surface area contributed by atoms with Gasteiger partial charge in [0.15, 0.2) is 0 Å². The zero-order valence-electron chi connectivity index (χ0n) is 14.9. The van der Waals surface area contributed by atoms with Crippen molar-refractivity contribution in [3.05, 3.63) is 70.5 Å². The number of carbonyl (C=O) groups is 1. The first kappa shape index (κ1) is 18.4. The van der Waals surface area contributed by atoms with E-state index < -0.39 is 5.91 Å². The summed E-state index contributed by atoms with van der Waals surface area (Å²) in [6.07, 6.45) is 4.11. The van der Waals surface area contributed by atoms with E-state index in [4.69, 9.17) is 0 Å². The number of carbonyl (C=O) groups excluding carboxylic acids is 1. The number of rotatable bonds is 4. The molecule has 0 spiro atoms. The van der Waals surface area contributed by atoms with Crippen LogP contribution in [0.5, 0.6) is 0 Å². The number of hydroxylamine groups is 2. The summed E-state index contributed by atoms with van der Waals surface area (Å²) >= 11 is 1.68. The van der Waals surface area contributed by atoms with E-state index >= 15 is 0 Å². The van der Waals surface area contributed by atoms with Crippen molar-refractivity contribution >= 4 is 34.9 Å². The van der Waals surface area contributed by atoms with Gasteiger partial charge < -0.3 is 0 Å². The quantitative estimate of drug-likeness (QED) is 0.462. The van der Waals surface area contributed by atoms with Crippen LogP contribution in [-0.2, 0) is 4.79 Å². The number of hydrogen-bond donors (Lipinski definition) is 1. The van der Waals surface area contributed by atoms with Gasteiger partial charge in [0.2, 0.25) is 5.91 Å². The van der Waals surface area contributed by atoms with Gasteiger partial charge in [-0.1, -0.05) is 18.2 Å². The Labute approximate surface area is 156 Å². The van der Waals surface area contributed by atoms with E-state index in [9.17, 15) is 14.4 Å². The molecule has 3 rings (SSSR count). The molecule has 0 saturated heterocycles. The van der Waals surface area contributed by atoms with Crippen LogP contribution in [0.15, 0.2) is 52.9 Å². The minimum atomic E-state index is -0.430. The predicted molar refractivity (Wildman–Crippen MR) is 104 cm³/mol. The van der Waals surface area contributed by atoms with E-state index in [-0.39, 0.29) is 12.2 Å². The highest BCUT2D eigenvalue weighted by atomic mass is 32.2. The van der Waals surface area contributed by atoms with Gasteiger partial charge in [0, 0.05) is 11.9 Å². The maximum Gasteiger partial charge on any atom is 0.250 e. The van der Waals surface area contributed by atoms with Crippen molar-refractivity contribution in [2.75, 3.05) is 13.3 Å². The van der Waals surface area contributed by atoms with Gasteiger partial charge in [0.25, 0.3) is 0 Å². The molecule has 0 radical (unpaired) electrons. The molecule has 2 aromatic rings. The third-order valence-corrected chi connectivity index (χ3v) is 5.31. The van der Waals surface area contributed by atoms with Gasteiger partial charge >= 0.3 is 0 Å². The van der Waals surface area contributed by atoms with Crippen molar-refractivity contribution in [2.24, 2.45) is 0 Å². The number of nitrogens with zero attached hydrogens (tertiary/aromatic N) is 1. The van der Waals surface area contributed by atoms with Gasteiger partial charge in [-0.3, -0.25) is 10.0 Å². The van der Waals surface area contributed by atoms with Crippen molar-refractivity contribution in [2.45, 2.75) is 18.2 Å². The summed E-state index contributed by atoms with van der Waals surface area (Å²) in [5.41, 5.74) is 5.30. The molecule has 0 aromatic heterocycles. The van der Waals surface area contributed by atoms with E-state index in [2.05, 4.69) is 18.2 Å². The molecule has 26 heavy (non-hydrogen) atoms. The van der Waals surface area contributed by atoms with Crippen molar-refractivity contribution in [1.29, 1.82) is 0 Å². The molecule has 0 heterocycles. The number of amides is 1. The Bertz CT molecular complexity index is 914. The molecule has 0 fully saturated rings. The highest BCUT2D eigenvalue weighted by Crippen LogP contribution is 2.44. The van der Waals surface area contributed by atoms with E-state index in [0.29, 0.717) is 10.6 Å². The van der Waals surface area contributed by atoms with Gasteiger partial charge in [-0.05, 0) is 76.9 Å². The monoisotopic (exact) mass is 369 g/mol. The van der Waals surface area contributed by atoms with Crippen LogP contribution >= 0.6 is 11.8 Å². The van der Waals surface area contributed by atoms with Crippen molar-refractivity contribution < 1.29 is 14.4 Å². The van der Waals surface area contributed by atoms with Crippen LogP contribution in [0.1, 0.15) is 30.0 Å². The van der Waals surface area contributed by atoms with Gasteiger partial charge in [-0.2, -0.15) is 0 Å². The molecule has 5 heteroatoms. The van der Waals surface area contributed by atoms with Gasteiger partial charge in [0.1, 0.15) is 5.82 Å². The fraction of sp³-hybridized carbons (Fsp3) is 0.190. The number of thioether (sulfide) groups is 1. The standard InChI is InChI=1S/C21H20FNO2S/c1-13-18(10-14-4-7-16(26-3)8-5-14)17-9-6-15(22)11-20(17)19(13)12-21(24)23(2)25/h4-11,25H,12H2,1-3H3/b18-10-. The van der Waals surface area contributed by atoms with Crippen LogP contribution in [0.4, 0.5) is 4.39 Å². The lowest BCUT2D eigenvalue weighted by Gasteiger charge is -2.10. The molecule has 1 aliphatic rings. The van der Waals surface area contributed by atoms with Crippen molar-refractivity contribution in [3.8, 4) is 0 Å². The molecule has 1 N–H and O–H groups in total. The fourth-order valence-electron chi connectivity index (χ4n) is 3.11. The van der Waals surface area contributed by atoms with E-state index in [1.807, 2.05) is 25.3 Å². The maximum absolute atomic E-state index is 13.8. The van der Waals surface area contributed by atoms with E-state index in [0.717, 1.165) is 27.8 Å². The molecule has 0 aliphatic heterocycles. The minimum absolute atomic E-state index is 0.0258. The van der Waals surface area contributed by atoms with Gasteiger partial charge in [-0.15, -0.1) is 11.8 Å². The molecule has 1 amide bonds. The summed E-state index contributed by atoms with van der Waals surface area (Å²) in [6.45, 7) is 1.93. The summed E-state index contributed by atoms with van der Waals surface area (Å²) in [5, 5.41) is 9.96. The minimum Gasteiger partial charge on any atom is -0.286 e. The second kappa shape index (κ2) is 7.48. The zero-order valence-corrected chi connectivity index (χ0v) is 15.7. The Kier molecular flexibility index (Phi) is 5.30. The molecular weight excluding hydrogens is 349 g/mol. The Hall–Kier alpha value is -2.37. The first-order valence-electron chi connectivity index (χ1n) is 8.22. The molecule has 0 saturated carbocycles. The number of hydrogen-bond acceptors (Lipinski definition) is 3. The SMILES string of the molecule is CSc1ccc(/C=C2/C(C)=C(CC(=O)N(C)O)c3cc(F)ccc32)cc1. The lowest BCUT2D eigenvalue weighted by molar-refractivity contribution is -0.157. The summed E-state index contributed by atoms with van der Waals surface area (Å²) in [5.74, 6) is -0.774. The number of benzene rings is 2. The topological polar surface area (TPSA) is 40.5 Å². The molecule has 0 atom stereocenters. The van der Waals surface area contributed by atoms with Crippen LogP contribution in [0.3, 0.4) is 0 Å². The molecule has 0 unspecified atom stereocenters. The van der Waals surface area contributed by atoms with Crippen LogP contribution in [0.2, 0.25) is 0 Å². The largest absolute Gasteiger partial charge is 0.286 e. The molecule has 1 aliphatic carbocycles. The van der Waals surface area contributed by atoms with Crippen molar-refractivity contribution in [3.63, 3.8) is 0 Å². The second-order valence-electron chi connectivity index (χ2n) is 6.22. The predicted octanol–water partition coefficient (Wildman–Crippen LogP) is 5.11. The maximum atomic E-state index is 13.8. The summed E-state index contributed by atoms with van der Waals surface area (Å²) in [6, 6.07) is 12.8. The number of halogens is 1. The molecule has 2 aromatic carbocycles. The number of fused-ring (bicyclic) bond motifs is 1. The Morgan fingerprint density at radius 3 is 2.50 bits per heavy atom. The Balaban J connectivity index is 2.08. The number of allylic oxidation sites excluding steroid dienone is 2. The molecular formula is C21H20FNO2S. The average molecular weight is 369 g/mol. The molecule has 134 valence electrons. The van der Waals surface area contributed by atoms with Crippen molar-refractivity contribution in [1.82, 2.24) is 5.06 Å². The summed E-state index contributed by atoms with van der Waals surface area (Å²) in [7, 11) is 1.30. The summed E-state index contributed by atoms with van der Waals surface area (Å²) < 4.78 is 13.8. The summed E-state index contributed by atoms with van der Waals surface area (Å²) in [4.78, 5) is 13.2. The zero-order chi connectivity index (χ0) is 18.8. The normalized spacial score (nSPS) is 14.7. The van der Waals surface area contributed by atoms with Crippen LogP contribution in [-0.4, -0.2) is 29.5 Å². The third-order valence-electron chi connectivity index (χ3n) is 4.57. The lowest BCUT2D eigenvalue weighted by Crippen LogP contribution is -2.22. The average Bonchev–Trinajstić information content (AvgIpc) is 2.87. The van der Waals surface area contributed by atoms with Crippen LogP contribution in [0.25, 0.3) is 17.2 Å². The third kappa shape index (κ3) is 3.59. The highest BCUT2D eigenvalue weighted by Gasteiger charge is 2.26. The molecule has 3 nitrogen and oxygen atoms in total. The molecule has 0 bridgehead atoms. The first-order valence-corrected chi connectivity index (χ1v) is 9.44. The first-order chi connectivity index (χ1) is 12.4. The fourth-order valence-corrected chi connectivity index (χ4v) is 3.52. The van der Waals surface area contributed by atoms with E-state index in [1.165, 1.54) is 24.1 Å². The highest BCUT2D eigenvalue weighted by molar-refractivity contribution is 7.98. The Morgan fingerprint density at radius 1 is 1.19 bits per heavy atom. The lowest BCUT2D eigenvalue weighted by atomic mass is 10.0.